The van der Waals surface area contributed by atoms with Gasteiger partial charge in [0.15, 0.2) is 11.4 Å². The van der Waals surface area contributed by atoms with Gasteiger partial charge in [-0.1, -0.05) is 88.4 Å². The maximum Gasteiger partial charge on any atom is 0.243 e. The maximum atomic E-state index is 14.0. The number of nitrogens with one attached hydrogen (secondary N) is 4. The Labute approximate surface area is 300 Å². The first kappa shape index (κ1) is 38.1. The van der Waals surface area contributed by atoms with E-state index in [0.717, 1.165) is 11.1 Å². The van der Waals surface area contributed by atoms with Crippen molar-refractivity contribution in [2.24, 2.45) is 11.3 Å². The van der Waals surface area contributed by atoms with Crippen molar-refractivity contribution in [3.63, 3.8) is 0 Å². The number of morpholine rings is 1. The molecule has 2 aromatic carbocycles. The van der Waals surface area contributed by atoms with Crippen molar-refractivity contribution in [2.75, 3.05) is 39.5 Å². The summed E-state index contributed by atoms with van der Waals surface area (Å²) in [6, 6.07) is 15.4. The van der Waals surface area contributed by atoms with Gasteiger partial charge in [0.2, 0.25) is 23.6 Å². The lowest BCUT2D eigenvalue weighted by molar-refractivity contribution is -0.135. The number of aryl methyl sites for hydroxylation is 1. The lowest BCUT2D eigenvalue weighted by Crippen LogP contribution is -2.58. The van der Waals surface area contributed by atoms with Crippen LogP contribution in [0.3, 0.4) is 0 Å². The molecule has 2 aromatic rings. The zero-order valence-electron chi connectivity index (χ0n) is 30.2. The Morgan fingerprint density at radius 1 is 0.824 bits per heavy atom. The van der Waals surface area contributed by atoms with E-state index in [0.29, 0.717) is 58.6 Å². The van der Waals surface area contributed by atoms with E-state index in [-0.39, 0.29) is 30.6 Å². The Morgan fingerprint density at radius 2 is 1.41 bits per heavy atom. The first-order valence-corrected chi connectivity index (χ1v) is 18.1. The van der Waals surface area contributed by atoms with Crippen LogP contribution in [0.5, 0.6) is 0 Å². The van der Waals surface area contributed by atoms with Crippen molar-refractivity contribution < 1.29 is 33.4 Å². The fourth-order valence-electron chi connectivity index (χ4n) is 7.11. The van der Waals surface area contributed by atoms with E-state index in [1.807, 2.05) is 93.3 Å². The highest BCUT2D eigenvalue weighted by Crippen LogP contribution is 2.53. The summed E-state index contributed by atoms with van der Waals surface area (Å²) in [7, 11) is 0. The van der Waals surface area contributed by atoms with Crippen molar-refractivity contribution in [3.8, 4) is 0 Å². The molecule has 2 saturated heterocycles. The number of amides is 4. The summed E-state index contributed by atoms with van der Waals surface area (Å²) in [6.45, 7) is 10.6. The van der Waals surface area contributed by atoms with Crippen molar-refractivity contribution in [2.45, 2.75) is 89.6 Å². The Hall–Kier alpha value is -4.13. The standard InChI is InChI=1S/C39H53N5O7/c1-26(2)21-30(41-35(47)29(16-15-27-11-7-5-8-12-27)40-33(45)24-44-17-19-50-20-18-44)36(48)42-31(22-28-13-9-6-10-14-28)37(49)43-32-23-38(3,4)39(25-51-39)34(32)46/h5-14,26,29-32H,15-25H2,1-4H3,(H,40,45)(H,41,47)(H,42,48)(H,43,49)/t29-,30-,31-,32-,39+/m0/s1. The molecule has 2 aliphatic heterocycles. The van der Waals surface area contributed by atoms with Gasteiger partial charge in [0.05, 0.1) is 32.4 Å². The topological polar surface area (TPSA) is 158 Å². The summed E-state index contributed by atoms with van der Waals surface area (Å²) in [5.41, 5.74) is 0.546. The molecule has 12 nitrogen and oxygen atoms in total. The SMILES string of the molecule is CC(C)C[C@H](NC(=O)[C@H](CCc1ccccc1)NC(=O)CN1CCOCC1)C(=O)N[C@@H](Cc1ccccc1)C(=O)N[C@H]1CC(C)(C)[C@@]2(CO2)C1=O. The minimum absolute atomic E-state index is 0.0224. The largest absolute Gasteiger partial charge is 0.379 e. The number of Topliss-reactive ketones (excluding diaryl/α,β-unsaturated/α-hetero) is 1. The summed E-state index contributed by atoms with van der Waals surface area (Å²) in [5, 5.41) is 11.6. The smallest absolute Gasteiger partial charge is 0.243 e. The fourth-order valence-corrected chi connectivity index (χ4v) is 7.11. The second-order valence-electron chi connectivity index (χ2n) is 15.1. The molecular weight excluding hydrogens is 650 g/mol. The highest BCUT2D eigenvalue weighted by Gasteiger charge is 2.69. The van der Waals surface area contributed by atoms with E-state index in [1.54, 1.807) is 0 Å². The highest BCUT2D eigenvalue weighted by atomic mass is 16.6. The number of nitrogens with zero attached hydrogens (tertiary/aromatic N) is 1. The van der Waals surface area contributed by atoms with E-state index in [2.05, 4.69) is 21.3 Å². The van der Waals surface area contributed by atoms with Gasteiger partial charge < -0.3 is 30.7 Å². The molecule has 51 heavy (non-hydrogen) atoms. The van der Waals surface area contributed by atoms with Gasteiger partial charge in [-0.15, -0.1) is 0 Å². The molecule has 5 atom stereocenters. The van der Waals surface area contributed by atoms with Crippen molar-refractivity contribution in [1.29, 1.82) is 0 Å². The van der Waals surface area contributed by atoms with Crippen molar-refractivity contribution >= 4 is 29.4 Å². The first-order chi connectivity index (χ1) is 24.4. The van der Waals surface area contributed by atoms with Crippen LogP contribution in [0.25, 0.3) is 0 Å². The molecule has 0 unspecified atom stereocenters. The summed E-state index contributed by atoms with van der Waals surface area (Å²) in [5.74, 6) is -1.88. The Kier molecular flexibility index (Phi) is 12.6. The quantitative estimate of drug-likeness (QED) is 0.193. The van der Waals surface area contributed by atoms with Gasteiger partial charge in [0, 0.05) is 24.9 Å². The molecule has 1 saturated carbocycles. The molecule has 4 amide bonds. The molecular formula is C39H53N5O7. The molecule has 3 aliphatic rings. The number of benzene rings is 2. The highest BCUT2D eigenvalue weighted by molar-refractivity contribution is 6.01. The van der Waals surface area contributed by atoms with E-state index in [1.165, 1.54) is 0 Å². The van der Waals surface area contributed by atoms with Gasteiger partial charge in [-0.2, -0.15) is 0 Å². The van der Waals surface area contributed by atoms with Crippen LogP contribution in [0.2, 0.25) is 0 Å². The van der Waals surface area contributed by atoms with Crippen LogP contribution in [0, 0.1) is 11.3 Å². The predicted molar refractivity (Wildman–Crippen MR) is 191 cm³/mol. The Balaban J connectivity index is 1.29. The molecule has 1 aliphatic carbocycles. The average Bonchev–Trinajstić information content (AvgIpc) is 3.90. The molecule has 4 N–H and O–H groups in total. The zero-order chi connectivity index (χ0) is 36.6. The lowest BCUT2D eigenvalue weighted by Gasteiger charge is -2.28. The number of hydrogen-bond acceptors (Lipinski definition) is 8. The third kappa shape index (κ3) is 10.0. The van der Waals surface area contributed by atoms with E-state index >= 15 is 0 Å². The fraction of sp³-hybridized carbons (Fsp3) is 0.564. The van der Waals surface area contributed by atoms with Gasteiger partial charge in [-0.3, -0.25) is 28.9 Å². The van der Waals surface area contributed by atoms with Crippen molar-refractivity contribution in [3.05, 3.63) is 71.8 Å². The Morgan fingerprint density at radius 3 is 2.00 bits per heavy atom. The lowest BCUT2D eigenvalue weighted by atomic mass is 9.82. The molecule has 2 heterocycles. The van der Waals surface area contributed by atoms with Gasteiger partial charge >= 0.3 is 0 Å². The van der Waals surface area contributed by atoms with E-state index in [4.69, 9.17) is 9.47 Å². The van der Waals surface area contributed by atoms with Gasteiger partial charge in [0.1, 0.15) is 18.1 Å². The minimum Gasteiger partial charge on any atom is -0.379 e. The van der Waals surface area contributed by atoms with E-state index in [9.17, 15) is 24.0 Å². The third-order valence-corrected chi connectivity index (χ3v) is 10.2. The summed E-state index contributed by atoms with van der Waals surface area (Å²) in [4.78, 5) is 70.2. The van der Waals surface area contributed by atoms with Crippen LogP contribution in [0.1, 0.15) is 58.1 Å². The number of carbonyl (C=O) groups excluding carboxylic acids is 5. The minimum atomic E-state index is -1.01. The molecule has 3 fully saturated rings. The monoisotopic (exact) mass is 703 g/mol. The van der Waals surface area contributed by atoms with Crippen LogP contribution in [0.15, 0.2) is 60.7 Å². The van der Waals surface area contributed by atoms with Crippen LogP contribution in [0.4, 0.5) is 0 Å². The van der Waals surface area contributed by atoms with Crippen LogP contribution in [-0.2, 0) is 46.3 Å². The molecule has 5 rings (SSSR count). The van der Waals surface area contributed by atoms with Crippen LogP contribution < -0.4 is 21.3 Å². The number of epoxide rings is 1. The number of ether oxygens (including phenoxy) is 2. The molecule has 0 radical (unpaired) electrons. The number of rotatable bonds is 16. The van der Waals surface area contributed by atoms with Gasteiger partial charge in [-0.25, -0.2) is 0 Å². The second-order valence-corrected chi connectivity index (χ2v) is 15.1. The number of ketones is 1. The third-order valence-electron chi connectivity index (χ3n) is 10.2. The van der Waals surface area contributed by atoms with Crippen LogP contribution in [-0.4, -0.2) is 104 Å². The molecule has 0 aromatic heterocycles. The molecule has 1 spiro atoms. The Bertz CT molecular complexity index is 1520. The van der Waals surface area contributed by atoms with Gasteiger partial charge in [0.25, 0.3) is 0 Å². The predicted octanol–water partition coefficient (Wildman–Crippen LogP) is 1.95. The maximum absolute atomic E-state index is 14.0. The summed E-state index contributed by atoms with van der Waals surface area (Å²) in [6.07, 6.45) is 1.79. The van der Waals surface area contributed by atoms with E-state index < -0.39 is 52.9 Å². The van der Waals surface area contributed by atoms with Gasteiger partial charge in [-0.05, 0) is 42.7 Å². The molecule has 12 heteroatoms. The number of carbonyl (C=O) groups is 5. The average molecular weight is 704 g/mol. The number of hydrogen-bond donors (Lipinski definition) is 4. The van der Waals surface area contributed by atoms with Crippen LogP contribution >= 0.6 is 0 Å². The normalized spacial score (nSPS) is 22.9. The summed E-state index contributed by atoms with van der Waals surface area (Å²) < 4.78 is 11.0. The molecule has 0 bridgehead atoms. The first-order valence-electron chi connectivity index (χ1n) is 18.1. The van der Waals surface area contributed by atoms with Crippen molar-refractivity contribution in [1.82, 2.24) is 26.2 Å². The zero-order valence-corrected chi connectivity index (χ0v) is 30.2. The second kappa shape index (κ2) is 16.9. The summed E-state index contributed by atoms with van der Waals surface area (Å²) >= 11 is 0. The molecule has 276 valence electrons.